The highest BCUT2D eigenvalue weighted by atomic mass is 79.9. The highest BCUT2D eigenvalue weighted by molar-refractivity contribution is 9.09. The minimum atomic E-state index is 0.436. The Morgan fingerprint density at radius 1 is 1.22 bits per heavy atom. The van der Waals surface area contributed by atoms with E-state index in [0.717, 1.165) is 22.3 Å². The largest absolute Gasteiger partial charge is 0.263 e. The van der Waals surface area contributed by atoms with Gasteiger partial charge >= 0.3 is 0 Å². The van der Waals surface area contributed by atoms with Crippen LogP contribution in [0, 0.1) is 6.92 Å². The fourth-order valence-electron chi connectivity index (χ4n) is 1.94. The summed E-state index contributed by atoms with van der Waals surface area (Å²) in [5.74, 6) is 0.436. The molecule has 3 heteroatoms. The van der Waals surface area contributed by atoms with Crippen LogP contribution in [0.3, 0.4) is 0 Å². The van der Waals surface area contributed by atoms with Crippen LogP contribution in [-0.2, 0) is 6.42 Å². The number of halogens is 2. The molecule has 2 aromatic rings. The molecule has 0 aliphatic carbocycles. The van der Waals surface area contributed by atoms with E-state index in [1.54, 1.807) is 12.4 Å². The van der Waals surface area contributed by atoms with Gasteiger partial charge in [-0.2, -0.15) is 0 Å². The van der Waals surface area contributed by atoms with E-state index in [4.69, 9.17) is 11.6 Å². The summed E-state index contributed by atoms with van der Waals surface area (Å²) in [6.07, 6.45) is 4.43. The third kappa shape index (κ3) is 3.33. The molecule has 18 heavy (non-hydrogen) atoms. The Labute approximate surface area is 121 Å². The Morgan fingerprint density at radius 3 is 2.56 bits per heavy atom. The first-order chi connectivity index (χ1) is 8.70. The fourth-order valence-corrected chi connectivity index (χ4v) is 2.73. The smallest absolute Gasteiger partial charge is 0.0621 e. The zero-order valence-electron chi connectivity index (χ0n) is 10.2. The van der Waals surface area contributed by atoms with Crippen molar-refractivity contribution >= 4 is 27.5 Å². The number of hydrogen-bond donors (Lipinski definition) is 0. The van der Waals surface area contributed by atoms with Crippen molar-refractivity contribution < 1.29 is 0 Å². The molecule has 1 atom stereocenters. The van der Waals surface area contributed by atoms with Gasteiger partial charge in [-0.15, -0.1) is 0 Å². The molecule has 1 aromatic carbocycles. The first-order valence-corrected chi connectivity index (χ1v) is 7.41. The van der Waals surface area contributed by atoms with Crippen molar-refractivity contribution in [3.05, 3.63) is 64.4 Å². The third-order valence-corrected chi connectivity index (χ3v) is 4.18. The SMILES string of the molecule is Cc1ccc(C(CBr)Cc2ccncc2Cl)cc1. The topological polar surface area (TPSA) is 12.9 Å². The van der Waals surface area contributed by atoms with Gasteiger partial charge in [0.15, 0.2) is 0 Å². The molecule has 0 N–H and O–H groups in total. The van der Waals surface area contributed by atoms with Crippen LogP contribution >= 0.6 is 27.5 Å². The lowest BCUT2D eigenvalue weighted by Gasteiger charge is -2.15. The van der Waals surface area contributed by atoms with Crippen molar-refractivity contribution in [2.75, 3.05) is 5.33 Å². The normalized spacial score (nSPS) is 12.4. The van der Waals surface area contributed by atoms with Gasteiger partial charge < -0.3 is 0 Å². The maximum Gasteiger partial charge on any atom is 0.0621 e. The number of aryl methyl sites for hydroxylation is 1. The van der Waals surface area contributed by atoms with Gasteiger partial charge in [-0.1, -0.05) is 57.4 Å². The molecule has 0 saturated heterocycles. The van der Waals surface area contributed by atoms with E-state index in [1.807, 2.05) is 6.07 Å². The summed E-state index contributed by atoms with van der Waals surface area (Å²) in [6.45, 7) is 2.10. The molecule has 0 aliphatic heterocycles. The van der Waals surface area contributed by atoms with Gasteiger partial charge in [0.25, 0.3) is 0 Å². The number of aromatic nitrogens is 1. The molecule has 1 unspecified atom stereocenters. The molecule has 1 nitrogen and oxygen atoms in total. The first-order valence-electron chi connectivity index (χ1n) is 5.91. The second-order valence-corrected chi connectivity index (χ2v) is 5.49. The Kier molecular flexibility index (Phi) is 4.79. The van der Waals surface area contributed by atoms with Gasteiger partial charge in [0.2, 0.25) is 0 Å². The van der Waals surface area contributed by atoms with Crippen LogP contribution in [0.25, 0.3) is 0 Å². The summed E-state index contributed by atoms with van der Waals surface area (Å²) in [5, 5.41) is 1.67. The Bertz CT molecular complexity index is 510. The van der Waals surface area contributed by atoms with Crippen molar-refractivity contribution in [2.45, 2.75) is 19.3 Å². The quantitative estimate of drug-likeness (QED) is 0.739. The van der Waals surface area contributed by atoms with Crippen LogP contribution in [0.1, 0.15) is 22.6 Å². The zero-order valence-corrected chi connectivity index (χ0v) is 12.6. The minimum absolute atomic E-state index is 0.436. The predicted octanol–water partition coefficient (Wildman–Crippen LogP) is 4.76. The van der Waals surface area contributed by atoms with Gasteiger partial charge in [0.05, 0.1) is 5.02 Å². The molecule has 0 saturated carbocycles. The van der Waals surface area contributed by atoms with Gasteiger partial charge in [-0.05, 0) is 36.5 Å². The highest BCUT2D eigenvalue weighted by Crippen LogP contribution is 2.26. The summed E-state index contributed by atoms with van der Waals surface area (Å²) in [6, 6.07) is 10.7. The van der Waals surface area contributed by atoms with E-state index in [1.165, 1.54) is 11.1 Å². The van der Waals surface area contributed by atoms with E-state index in [9.17, 15) is 0 Å². The predicted molar refractivity (Wildman–Crippen MR) is 80.7 cm³/mol. The molecule has 0 fully saturated rings. The first kappa shape index (κ1) is 13.6. The van der Waals surface area contributed by atoms with Crippen LogP contribution < -0.4 is 0 Å². The molecule has 0 amide bonds. The fraction of sp³-hybridized carbons (Fsp3) is 0.267. The summed E-state index contributed by atoms with van der Waals surface area (Å²) in [4.78, 5) is 4.02. The molecular weight excluding hydrogens is 310 g/mol. The van der Waals surface area contributed by atoms with E-state index in [2.05, 4.69) is 52.1 Å². The molecule has 2 rings (SSSR count). The number of hydrogen-bond acceptors (Lipinski definition) is 1. The van der Waals surface area contributed by atoms with Crippen LogP contribution in [0.5, 0.6) is 0 Å². The molecule has 1 heterocycles. The van der Waals surface area contributed by atoms with Gasteiger partial charge in [0.1, 0.15) is 0 Å². The monoisotopic (exact) mass is 323 g/mol. The van der Waals surface area contributed by atoms with Crippen LogP contribution in [0.15, 0.2) is 42.7 Å². The lowest BCUT2D eigenvalue weighted by atomic mass is 9.93. The van der Waals surface area contributed by atoms with Crippen LogP contribution in [-0.4, -0.2) is 10.3 Å². The third-order valence-electron chi connectivity index (χ3n) is 3.06. The molecule has 1 aromatic heterocycles. The molecule has 0 spiro atoms. The summed E-state index contributed by atoms with van der Waals surface area (Å²) >= 11 is 9.75. The van der Waals surface area contributed by atoms with Crippen molar-refractivity contribution in [2.24, 2.45) is 0 Å². The average molecular weight is 325 g/mol. The van der Waals surface area contributed by atoms with Crippen molar-refractivity contribution in [3.63, 3.8) is 0 Å². The summed E-state index contributed by atoms with van der Waals surface area (Å²) in [7, 11) is 0. The van der Waals surface area contributed by atoms with Gasteiger partial charge in [-0.3, -0.25) is 4.98 Å². The lowest BCUT2D eigenvalue weighted by molar-refractivity contribution is 0.774. The number of rotatable bonds is 4. The van der Waals surface area contributed by atoms with Crippen molar-refractivity contribution in [1.82, 2.24) is 4.98 Å². The number of pyridine rings is 1. The molecule has 0 bridgehead atoms. The average Bonchev–Trinajstić information content (AvgIpc) is 2.39. The maximum absolute atomic E-state index is 6.16. The van der Waals surface area contributed by atoms with E-state index < -0.39 is 0 Å². The Balaban J connectivity index is 2.20. The lowest BCUT2D eigenvalue weighted by Crippen LogP contribution is -2.05. The standard InChI is InChI=1S/C15H15BrClN/c1-11-2-4-12(5-3-11)14(9-16)8-13-6-7-18-10-15(13)17/h2-7,10,14H,8-9H2,1H3. The highest BCUT2D eigenvalue weighted by Gasteiger charge is 2.12. The van der Waals surface area contributed by atoms with Gasteiger partial charge in [-0.25, -0.2) is 0 Å². The number of benzene rings is 1. The molecule has 0 radical (unpaired) electrons. The molecular formula is C15H15BrClN. The summed E-state index contributed by atoms with van der Waals surface area (Å²) in [5.41, 5.74) is 3.77. The van der Waals surface area contributed by atoms with Gasteiger partial charge in [0, 0.05) is 17.7 Å². The van der Waals surface area contributed by atoms with Crippen molar-refractivity contribution in [3.8, 4) is 0 Å². The Morgan fingerprint density at radius 2 is 1.94 bits per heavy atom. The molecule has 0 aliphatic rings. The second-order valence-electron chi connectivity index (χ2n) is 4.43. The molecule has 94 valence electrons. The number of alkyl halides is 1. The van der Waals surface area contributed by atoms with E-state index in [-0.39, 0.29) is 0 Å². The maximum atomic E-state index is 6.16. The zero-order chi connectivity index (χ0) is 13.0. The van der Waals surface area contributed by atoms with Crippen molar-refractivity contribution in [1.29, 1.82) is 0 Å². The Hall–Kier alpha value is -0.860. The second kappa shape index (κ2) is 6.35. The van der Waals surface area contributed by atoms with Crippen LogP contribution in [0.4, 0.5) is 0 Å². The van der Waals surface area contributed by atoms with Crippen LogP contribution in [0.2, 0.25) is 5.02 Å². The van der Waals surface area contributed by atoms with E-state index >= 15 is 0 Å². The minimum Gasteiger partial charge on any atom is -0.263 e. The number of nitrogens with zero attached hydrogens (tertiary/aromatic N) is 1. The van der Waals surface area contributed by atoms with E-state index in [0.29, 0.717) is 5.92 Å². The summed E-state index contributed by atoms with van der Waals surface area (Å²) < 4.78 is 0.